The summed E-state index contributed by atoms with van der Waals surface area (Å²) in [6.45, 7) is 0.264. The molecule has 0 radical (unpaired) electrons. The summed E-state index contributed by atoms with van der Waals surface area (Å²) in [7, 11) is -3.48. The molecule has 1 heterocycles. The molecule has 7 heteroatoms. The molecule has 0 aromatic heterocycles. The Bertz CT molecular complexity index is 305. The van der Waals surface area contributed by atoms with Crippen molar-refractivity contribution in [1.29, 1.82) is 0 Å². The molecule has 1 rings (SSSR count). The lowest BCUT2D eigenvalue weighted by Gasteiger charge is -2.20. The van der Waals surface area contributed by atoms with Gasteiger partial charge >= 0.3 is 0 Å². The zero-order chi connectivity index (χ0) is 11.0. The van der Waals surface area contributed by atoms with Crippen LogP contribution in [0.4, 0.5) is 8.78 Å². The Labute approximate surface area is 82.1 Å². The van der Waals surface area contributed by atoms with Gasteiger partial charge in [0.2, 0.25) is 10.0 Å². The van der Waals surface area contributed by atoms with Gasteiger partial charge in [0.15, 0.2) is 0 Å². The van der Waals surface area contributed by atoms with E-state index in [-0.39, 0.29) is 18.2 Å². The van der Waals surface area contributed by atoms with E-state index in [1.807, 2.05) is 0 Å². The summed E-state index contributed by atoms with van der Waals surface area (Å²) in [5, 5.41) is 0. The number of rotatable bonds is 3. The fourth-order valence-electron chi connectivity index (χ4n) is 1.46. The zero-order valence-corrected chi connectivity index (χ0v) is 8.73. The summed E-state index contributed by atoms with van der Waals surface area (Å²) in [5.74, 6) is -3.27. The molecule has 1 saturated heterocycles. The van der Waals surface area contributed by atoms with E-state index in [0.29, 0.717) is 0 Å². The predicted molar refractivity (Wildman–Crippen MR) is 48.5 cm³/mol. The van der Waals surface area contributed by atoms with Gasteiger partial charge in [0, 0.05) is 6.54 Å². The molecule has 0 bridgehead atoms. The number of hydrogen-bond acceptors (Lipinski definition) is 3. The van der Waals surface area contributed by atoms with E-state index in [2.05, 4.69) is 0 Å². The van der Waals surface area contributed by atoms with Gasteiger partial charge in [0.05, 0.1) is 18.8 Å². The minimum Gasteiger partial charge on any atom is -0.325 e. The highest BCUT2D eigenvalue weighted by Crippen LogP contribution is 2.23. The van der Waals surface area contributed by atoms with E-state index >= 15 is 0 Å². The Morgan fingerprint density at radius 2 is 2.14 bits per heavy atom. The first-order valence-electron chi connectivity index (χ1n) is 4.32. The number of alkyl halides is 2. The topological polar surface area (TPSA) is 63.4 Å². The standard InChI is InChI=1S/C7H14F2N2O2S/c1-6-2-11(14(12,13)3-6)5-7(8,9)4-10/h6H,2-5,10H2,1H3. The molecule has 2 N–H and O–H groups in total. The molecule has 0 aliphatic carbocycles. The molecule has 1 aliphatic rings. The van der Waals surface area contributed by atoms with Crippen molar-refractivity contribution >= 4 is 10.0 Å². The molecule has 4 nitrogen and oxygen atoms in total. The molecule has 1 unspecified atom stereocenters. The van der Waals surface area contributed by atoms with Crippen LogP contribution in [0.15, 0.2) is 0 Å². The smallest absolute Gasteiger partial charge is 0.273 e. The van der Waals surface area contributed by atoms with Gasteiger partial charge < -0.3 is 5.73 Å². The molecule has 0 amide bonds. The highest BCUT2D eigenvalue weighted by Gasteiger charge is 2.40. The molecule has 0 aromatic carbocycles. The summed E-state index contributed by atoms with van der Waals surface area (Å²) < 4.78 is 49.1. The quantitative estimate of drug-likeness (QED) is 0.731. The minimum absolute atomic E-state index is 0.0480. The molecular formula is C7H14F2N2O2S. The maximum Gasteiger partial charge on any atom is 0.273 e. The molecule has 0 spiro atoms. The van der Waals surface area contributed by atoms with Gasteiger partial charge in [-0.05, 0) is 5.92 Å². The highest BCUT2D eigenvalue weighted by molar-refractivity contribution is 7.89. The lowest BCUT2D eigenvalue weighted by atomic mass is 10.2. The first kappa shape index (κ1) is 11.8. The average Bonchev–Trinajstić information content (AvgIpc) is 2.24. The van der Waals surface area contributed by atoms with Gasteiger partial charge in [-0.15, -0.1) is 0 Å². The average molecular weight is 228 g/mol. The van der Waals surface area contributed by atoms with E-state index in [9.17, 15) is 17.2 Å². The van der Waals surface area contributed by atoms with Crippen LogP contribution in [0.3, 0.4) is 0 Å². The third-order valence-corrected chi connectivity index (χ3v) is 4.17. The number of nitrogens with zero attached hydrogens (tertiary/aromatic N) is 1. The molecule has 1 atom stereocenters. The largest absolute Gasteiger partial charge is 0.325 e. The second kappa shape index (κ2) is 3.71. The van der Waals surface area contributed by atoms with Gasteiger partial charge in [-0.2, -0.15) is 4.31 Å². The van der Waals surface area contributed by atoms with Crippen molar-refractivity contribution in [3.63, 3.8) is 0 Å². The first-order valence-corrected chi connectivity index (χ1v) is 5.93. The number of sulfonamides is 1. The fourth-order valence-corrected chi connectivity index (χ4v) is 3.37. The van der Waals surface area contributed by atoms with Crippen LogP contribution < -0.4 is 5.73 Å². The van der Waals surface area contributed by atoms with Crippen molar-refractivity contribution in [2.45, 2.75) is 12.8 Å². The van der Waals surface area contributed by atoms with Crippen LogP contribution in [-0.4, -0.2) is 44.0 Å². The maximum absolute atomic E-state index is 12.8. The maximum atomic E-state index is 12.8. The Balaban J connectivity index is 2.71. The number of halogens is 2. The third kappa shape index (κ3) is 2.61. The lowest BCUT2D eigenvalue weighted by molar-refractivity contribution is -0.00527. The van der Waals surface area contributed by atoms with Crippen LogP contribution in [0.1, 0.15) is 6.92 Å². The van der Waals surface area contributed by atoms with Crippen molar-refractivity contribution in [1.82, 2.24) is 4.31 Å². The van der Waals surface area contributed by atoms with Gasteiger partial charge in [0.1, 0.15) is 0 Å². The van der Waals surface area contributed by atoms with Gasteiger partial charge in [-0.3, -0.25) is 0 Å². The van der Waals surface area contributed by atoms with Gasteiger partial charge in [-0.25, -0.2) is 17.2 Å². The monoisotopic (exact) mass is 228 g/mol. The molecular weight excluding hydrogens is 214 g/mol. The van der Waals surface area contributed by atoms with Crippen LogP contribution in [0.2, 0.25) is 0 Å². The summed E-state index contributed by atoms with van der Waals surface area (Å²) in [6.07, 6.45) is 0. The van der Waals surface area contributed by atoms with Crippen molar-refractivity contribution in [2.24, 2.45) is 11.7 Å². The number of nitrogens with two attached hydrogens (primary N) is 1. The van der Waals surface area contributed by atoms with E-state index in [1.165, 1.54) is 0 Å². The van der Waals surface area contributed by atoms with Gasteiger partial charge in [-0.1, -0.05) is 6.92 Å². The normalized spacial score (nSPS) is 28.1. The predicted octanol–water partition coefficient (Wildman–Crippen LogP) is -0.138. The van der Waals surface area contributed by atoms with Crippen LogP contribution in [0.25, 0.3) is 0 Å². The van der Waals surface area contributed by atoms with E-state index < -0.39 is 29.0 Å². The zero-order valence-electron chi connectivity index (χ0n) is 7.91. The third-order valence-electron chi connectivity index (χ3n) is 2.11. The molecule has 1 aliphatic heterocycles. The van der Waals surface area contributed by atoms with E-state index in [4.69, 9.17) is 5.73 Å². The Kier molecular flexibility index (Phi) is 3.13. The highest BCUT2D eigenvalue weighted by atomic mass is 32.2. The molecule has 14 heavy (non-hydrogen) atoms. The second-order valence-electron chi connectivity index (χ2n) is 3.74. The Hall–Kier alpha value is -0.270. The van der Waals surface area contributed by atoms with Crippen molar-refractivity contribution in [3.8, 4) is 0 Å². The van der Waals surface area contributed by atoms with Gasteiger partial charge in [0.25, 0.3) is 5.92 Å². The summed E-state index contributed by atoms with van der Waals surface area (Å²) in [5.41, 5.74) is 4.84. The SMILES string of the molecule is CC1CN(CC(F)(F)CN)S(=O)(=O)C1. The number of hydrogen-bond donors (Lipinski definition) is 1. The van der Waals surface area contributed by atoms with E-state index in [1.54, 1.807) is 6.92 Å². The molecule has 1 fully saturated rings. The van der Waals surface area contributed by atoms with E-state index in [0.717, 1.165) is 4.31 Å². The summed E-state index contributed by atoms with van der Waals surface area (Å²) in [4.78, 5) is 0. The van der Waals surface area contributed by atoms with Crippen LogP contribution in [-0.2, 0) is 10.0 Å². The summed E-state index contributed by atoms with van der Waals surface area (Å²) in [6, 6.07) is 0. The van der Waals surface area contributed by atoms with Crippen LogP contribution >= 0.6 is 0 Å². The molecule has 0 saturated carbocycles. The second-order valence-corrected chi connectivity index (χ2v) is 5.75. The Morgan fingerprint density at radius 3 is 2.50 bits per heavy atom. The molecule has 84 valence electrons. The minimum atomic E-state index is -3.48. The summed E-state index contributed by atoms with van der Waals surface area (Å²) >= 11 is 0. The first-order chi connectivity index (χ1) is 6.27. The van der Waals surface area contributed by atoms with Crippen molar-refractivity contribution in [3.05, 3.63) is 0 Å². The Morgan fingerprint density at radius 1 is 1.57 bits per heavy atom. The van der Waals surface area contributed by atoms with Crippen molar-refractivity contribution < 1.29 is 17.2 Å². The van der Waals surface area contributed by atoms with Crippen molar-refractivity contribution in [2.75, 3.05) is 25.4 Å². The van der Waals surface area contributed by atoms with Crippen LogP contribution in [0, 0.1) is 5.92 Å². The van der Waals surface area contributed by atoms with Crippen LogP contribution in [0.5, 0.6) is 0 Å². The lowest BCUT2D eigenvalue weighted by Crippen LogP contribution is -2.42. The molecule has 0 aromatic rings. The fraction of sp³-hybridized carbons (Fsp3) is 1.00.